The Morgan fingerprint density at radius 1 is 0.884 bits per heavy atom. The SMILES string of the molecule is Cc1cccc(-c2nc(C3CCN(Cc4ccc(-c5nc6nc(C)nn6cc5-c5ccc(F)cc5F)cc4)CC3)n[nH]2)n1. The number of pyridine rings is 1. The summed E-state index contributed by atoms with van der Waals surface area (Å²) in [7, 11) is 0. The fraction of sp³-hybridized carbons (Fsp3) is 0.250. The minimum Gasteiger partial charge on any atom is -0.299 e. The molecule has 0 spiro atoms. The van der Waals surface area contributed by atoms with E-state index in [1.54, 1.807) is 13.1 Å². The second-order valence-corrected chi connectivity index (χ2v) is 11.0. The van der Waals surface area contributed by atoms with Crippen molar-refractivity contribution in [3.05, 3.63) is 101 Å². The van der Waals surface area contributed by atoms with Crippen LogP contribution in [-0.2, 0) is 6.54 Å². The van der Waals surface area contributed by atoms with Crippen molar-refractivity contribution >= 4 is 5.78 Å². The molecule has 1 saturated heterocycles. The first-order valence-corrected chi connectivity index (χ1v) is 14.3. The van der Waals surface area contributed by atoms with Gasteiger partial charge in [0.25, 0.3) is 5.78 Å². The van der Waals surface area contributed by atoms with E-state index in [-0.39, 0.29) is 5.56 Å². The number of hydrogen-bond donors (Lipinski definition) is 1. The number of benzene rings is 2. The van der Waals surface area contributed by atoms with E-state index in [9.17, 15) is 8.78 Å². The van der Waals surface area contributed by atoms with Gasteiger partial charge in [-0.15, -0.1) is 0 Å². The average Bonchev–Trinajstić information content (AvgIpc) is 3.64. The molecule has 0 amide bonds. The molecule has 0 atom stereocenters. The number of halogens is 2. The largest absolute Gasteiger partial charge is 0.299 e. The van der Waals surface area contributed by atoms with Gasteiger partial charge in [-0.2, -0.15) is 15.2 Å². The number of fused-ring (bicyclic) bond motifs is 1. The first-order valence-electron chi connectivity index (χ1n) is 14.3. The van der Waals surface area contributed by atoms with Crippen LogP contribution >= 0.6 is 0 Å². The van der Waals surface area contributed by atoms with Crippen molar-refractivity contribution in [3.63, 3.8) is 0 Å². The van der Waals surface area contributed by atoms with Crippen molar-refractivity contribution in [1.82, 2.24) is 44.6 Å². The summed E-state index contributed by atoms with van der Waals surface area (Å²) >= 11 is 0. The number of aryl methyl sites for hydroxylation is 2. The molecule has 5 heterocycles. The summed E-state index contributed by atoms with van der Waals surface area (Å²) < 4.78 is 30.0. The molecule has 2 aromatic carbocycles. The Labute approximate surface area is 246 Å². The summed E-state index contributed by atoms with van der Waals surface area (Å²) in [6, 6.07) is 17.6. The number of rotatable bonds is 6. The van der Waals surface area contributed by atoms with Gasteiger partial charge in [0.1, 0.15) is 23.2 Å². The van der Waals surface area contributed by atoms with Gasteiger partial charge < -0.3 is 0 Å². The third-order valence-electron chi connectivity index (χ3n) is 7.88. The second-order valence-electron chi connectivity index (χ2n) is 11.0. The number of likely N-dealkylation sites (tertiary alicyclic amines) is 1. The summed E-state index contributed by atoms with van der Waals surface area (Å²) in [6.45, 7) is 6.44. The van der Waals surface area contributed by atoms with Crippen LogP contribution in [0.5, 0.6) is 0 Å². The van der Waals surface area contributed by atoms with Crippen molar-refractivity contribution in [2.24, 2.45) is 0 Å². The maximum atomic E-state index is 14.9. The number of nitrogens with zero attached hydrogens (tertiary/aromatic N) is 8. The van der Waals surface area contributed by atoms with Crippen LogP contribution < -0.4 is 0 Å². The highest BCUT2D eigenvalue weighted by Gasteiger charge is 2.24. The van der Waals surface area contributed by atoms with Crippen molar-refractivity contribution in [1.29, 1.82) is 0 Å². The standard InChI is InChI=1S/C32H29F2N9/c1-19-4-3-5-28(35-19)31-38-30(39-40-31)23-12-14-42(15-13-23)17-21-6-8-22(9-7-21)29-26(25-11-10-24(33)16-27(25)34)18-43-32(37-29)36-20(2)41-43/h3-11,16,18,23H,12-15,17H2,1-2H3,(H,38,39,40). The van der Waals surface area contributed by atoms with E-state index in [1.807, 2.05) is 37.3 Å². The molecule has 43 heavy (non-hydrogen) atoms. The maximum absolute atomic E-state index is 14.9. The average molecular weight is 578 g/mol. The highest BCUT2D eigenvalue weighted by molar-refractivity contribution is 5.81. The predicted molar refractivity (Wildman–Crippen MR) is 158 cm³/mol. The first kappa shape index (κ1) is 27.0. The van der Waals surface area contributed by atoms with Crippen molar-refractivity contribution in [2.75, 3.05) is 13.1 Å². The number of piperidine rings is 1. The summed E-state index contributed by atoms with van der Waals surface area (Å²) in [5.74, 6) is 1.54. The Balaban J connectivity index is 1.06. The second kappa shape index (κ2) is 11.1. The van der Waals surface area contributed by atoms with Gasteiger partial charge in [0.05, 0.1) is 5.69 Å². The topological polar surface area (TPSA) is 101 Å². The molecule has 11 heteroatoms. The lowest BCUT2D eigenvalue weighted by atomic mass is 9.95. The van der Waals surface area contributed by atoms with E-state index in [0.29, 0.717) is 34.6 Å². The summed E-state index contributed by atoms with van der Waals surface area (Å²) in [6.07, 6.45) is 3.65. The highest BCUT2D eigenvalue weighted by Crippen LogP contribution is 2.33. The third-order valence-corrected chi connectivity index (χ3v) is 7.88. The van der Waals surface area contributed by atoms with E-state index in [0.717, 1.165) is 61.3 Å². The zero-order valence-corrected chi connectivity index (χ0v) is 23.8. The molecule has 9 nitrogen and oxygen atoms in total. The lowest BCUT2D eigenvalue weighted by Crippen LogP contribution is -2.32. The smallest absolute Gasteiger partial charge is 0.252 e. The van der Waals surface area contributed by atoms with Gasteiger partial charge in [0.15, 0.2) is 11.6 Å². The summed E-state index contributed by atoms with van der Waals surface area (Å²) in [5.41, 5.74) is 5.06. The molecule has 7 rings (SSSR count). The van der Waals surface area contributed by atoms with Crippen molar-refractivity contribution < 1.29 is 8.78 Å². The Hall–Kier alpha value is -4.90. The molecule has 0 unspecified atom stereocenters. The van der Waals surface area contributed by atoms with E-state index >= 15 is 0 Å². The highest BCUT2D eigenvalue weighted by atomic mass is 19.1. The molecule has 0 saturated carbocycles. The maximum Gasteiger partial charge on any atom is 0.252 e. The van der Waals surface area contributed by atoms with E-state index in [2.05, 4.69) is 42.3 Å². The lowest BCUT2D eigenvalue weighted by molar-refractivity contribution is 0.202. The number of H-pyrrole nitrogens is 1. The number of aromatic amines is 1. The molecular formula is C32H29F2N9. The lowest BCUT2D eigenvalue weighted by Gasteiger charge is -2.30. The van der Waals surface area contributed by atoms with Crippen LogP contribution in [0.15, 0.2) is 66.9 Å². The Morgan fingerprint density at radius 2 is 1.70 bits per heavy atom. The van der Waals surface area contributed by atoms with Gasteiger partial charge in [-0.3, -0.25) is 10.00 Å². The van der Waals surface area contributed by atoms with Gasteiger partial charge in [-0.1, -0.05) is 30.3 Å². The molecule has 0 aliphatic carbocycles. The summed E-state index contributed by atoms with van der Waals surface area (Å²) in [4.78, 5) is 20.8. The van der Waals surface area contributed by atoms with Gasteiger partial charge in [0, 0.05) is 47.1 Å². The first-order chi connectivity index (χ1) is 20.9. The number of hydrogen-bond acceptors (Lipinski definition) is 7. The predicted octanol–water partition coefficient (Wildman–Crippen LogP) is 5.91. The minimum atomic E-state index is -0.660. The molecule has 1 aliphatic rings. The summed E-state index contributed by atoms with van der Waals surface area (Å²) in [5, 5.41) is 11.9. The fourth-order valence-corrected chi connectivity index (χ4v) is 5.67. The molecule has 1 fully saturated rings. The van der Waals surface area contributed by atoms with Crippen LogP contribution in [0.1, 0.15) is 41.7 Å². The van der Waals surface area contributed by atoms with E-state index in [1.165, 1.54) is 22.2 Å². The quantitative estimate of drug-likeness (QED) is 0.263. The minimum absolute atomic E-state index is 0.250. The van der Waals surface area contributed by atoms with Crippen LogP contribution in [0.4, 0.5) is 8.78 Å². The van der Waals surface area contributed by atoms with E-state index in [4.69, 9.17) is 9.97 Å². The molecule has 1 aliphatic heterocycles. The van der Waals surface area contributed by atoms with Crippen LogP contribution in [0.25, 0.3) is 39.7 Å². The van der Waals surface area contributed by atoms with Gasteiger partial charge >= 0.3 is 0 Å². The molecular weight excluding hydrogens is 548 g/mol. The Morgan fingerprint density at radius 3 is 2.47 bits per heavy atom. The van der Waals surface area contributed by atoms with Crippen LogP contribution in [-0.4, -0.2) is 57.7 Å². The number of aromatic nitrogens is 8. The molecule has 4 aromatic heterocycles. The molecule has 0 bridgehead atoms. The monoisotopic (exact) mass is 577 g/mol. The van der Waals surface area contributed by atoms with Crippen LogP contribution in [0, 0.1) is 25.5 Å². The fourth-order valence-electron chi connectivity index (χ4n) is 5.67. The van der Waals surface area contributed by atoms with Crippen molar-refractivity contribution in [2.45, 2.75) is 39.2 Å². The normalized spacial score (nSPS) is 14.5. The zero-order valence-electron chi connectivity index (χ0n) is 23.8. The molecule has 1 N–H and O–H groups in total. The van der Waals surface area contributed by atoms with E-state index < -0.39 is 11.6 Å². The Kier molecular flexibility index (Phi) is 6.94. The van der Waals surface area contributed by atoms with Gasteiger partial charge in [-0.25, -0.2) is 28.2 Å². The van der Waals surface area contributed by atoms with Crippen LogP contribution in [0.3, 0.4) is 0 Å². The van der Waals surface area contributed by atoms with Gasteiger partial charge in [-0.05, 0) is 69.6 Å². The van der Waals surface area contributed by atoms with Gasteiger partial charge in [0.2, 0.25) is 0 Å². The zero-order chi connectivity index (χ0) is 29.5. The third kappa shape index (κ3) is 5.51. The molecule has 216 valence electrons. The molecule has 0 radical (unpaired) electrons. The Bertz CT molecular complexity index is 1920. The van der Waals surface area contributed by atoms with Crippen molar-refractivity contribution in [3.8, 4) is 33.9 Å². The van der Waals surface area contributed by atoms with Crippen LogP contribution in [0.2, 0.25) is 0 Å². The number of nitrogens with one attached hydrogen (secondary N) is 1. The molecule has 6 aromatic rings.